The molecule has 0 atom stereocenters. The first-order valence-electron chi connectivity index (χ1n) is 9.24. The number of rotatable bonds is 5. The lowest BCUT2D eigenvalue weighted by Gasteiger charge is -2.29. The third-order valence-electron chi connectivity index (χ3n) is 4.51. The number of carbonyl (C=O) groups is 1. The molecule has 0 amide bonds. The average Bonchev–Trinajstić information content (AvgIpc) is 2.74. The van der Waals surface area contributed by atoms with E-state index in [-0.39, 0.29) is 18.4 Å². The van der Waals surface area contributed by atoms with Crippen LogP contribution in [-0.2, 0) is 6.54 Å². The number of piperidine rings is 1. The van der Waals surface area contributed by atoms with Crippen molar-refractivity contribution >= 4 is 30.5 Å². The van der Waals surface area contributed by atoms with E-state index in [9.17, 15) is 4.79 Å². The molecule has 0 aromatic heterocycles. The second-order valence-electron chi connectivity index (χ2n) is 6.52. The summed E-state index contributed by atoms with van der Waals surface area (Å²) in [6, 6.07) is 17.4. The van der Waals surface area contributed by atoms with Crippen LogP contribution in [0.2, 0.25) is 0 Å². The third kappa shape index (κ3) is 6.09. The fraction of sp³-hybridized carbons (Fsp3) is 0.286. The summed E-state index contributed by atoms with van der Waals surface area (Å²) < 4.78 is 0. The van der Waals surface area contributed by atoms with E-state index in [2.05, 4.69) is 20.4 Å². The normalized spacial score (nSPS) is 14.9. The van der Waals surface area contributed by atoms with Gasteiger partial charge in [0.2, 0.25) is 5.96 Å². The Labute approximate surface area is 171 Å². The van der Waals surface area contributed by atoms with Gasteiger partial charge in [-0.05, 0) is 24.8 Å². The molecule has 3 rings (SSSR count). The zero-order valence-electron chi connectivity index (χ0n) is 15.8. The lowest BCUT2D eigenvalue weighted by atomic mass is 10.1. The van der Waals surface area contributed by atoms with E-state index in [1.165, 1.54) is 6.42 Å². The van der Waals surface area contributed by atoms with Gasteiger partial charge in [0.25, 0.3) is 0 Å². The number of amidine groups is 1. The molecule has 1 aliphatic heterocycles. The predicted molar refractivity (Wildman–Crippen MR) is 116 cm³/mol. The van der Waals surface area contributed by atoms with Crippen LogP contribution in [0, 0.1) is 0 Å². The Morgan fingerprint density at radius 2 is 1.71 bits per heavy atom. The Morgan fingerprint density at radius 3 is 2.36 bits per heavy atom. The molecular formula is C21H26ClN5O. The standard InChI is InChI=1S/C21H25N5O.ClH/c22-21(23-15-17-7-3-1-4-8-17)25-24-20(26-13-5-2-6-14-26)19-11-9-18(16-27)10-12-19;/h1,3-4,7-12,16H,2,5-6,13-15H2,(H3,22,23,25);1H. The van der Waals surface area contributed by atoms with Crippen molar-refractivity contribution in [3.8, 4) is 0 Å². The molecule has 0 saturated carbocycles. The van der Waals surface area contributed by atoms with E-state index in [0.717, 1.165) is 49.2 Å². The number of aliphatic imine (C=N–C) groups is 1. The third-order valence-corrected chi connectivity index (χ3v) is 4.51. The number of nitrogens with one attached hydrogen (secondary N) is 1. The van der Waals surface area contributed by atoms with Crippen molar-refractivity contribution in [1.29, 1.82) is 0 Å². The molecule has 148 valence electrons. The number of guanidine groups is 1. The van der Waals surface area contributed by atoms with Crippen molar-refractivity contribution in [2.75, 3.05) is 13.1 Å². The Kier molecular flexibility index (Phi) is 8.49. The highest BCUT2D eigenvalue weighted by Gasteiger charge is 2.17. The minimum atomic E-state index is 0. The highest BCUT2D eigenvalue weighted by molar-refractivity contribution is 6.00. The van der Waals surface area contributed by atoms with Gasteiger partial charge in [0.1, 0.15) is 6.29 Å². The van der Waals surface area contributed by atoms with Gasteiger partial charge in [-0.25, -0.2) is 10.4 Å². The molecule has 2 aromatic rings. The van der Waals surface area contributed by atoms with Crippen molar-refractivity contribution in [2.24, 2.45) is 15.8 Å². The van der Waals surface area contributed by atoms with Crippen molar-refractivity contribution < 1.29 is 4.79 Å². The van der Waals surface area contributed by atoms with Gasteiger partial charge in [0.05, 0.1) is 6.54 Å². The molecule has 1 aliphatic rings. The van der Waals surface area contributed by atoms with Gasteiger partial charge in [-0.15, -0.1) is 12.4 Å². The molecule has 1 saturated heterocycles. The lowest BCUT2D eigenvalue weighted by Crippen LogP contribution is -2.39. The first kappa shape index (κ1) is 21.4. The van der Waals surface area contributed by atoms with E-state index in [0.29, 0.717) is 12.1 Å². The number of halogens is 1. The molecule has 0 aliphatic carbocycles. The fourth-order valence-electron chi connectivity index (χ4n) is 3.04. The quantitative estimate of drug-likeness (QED) is 0.350. The van der Waals surface area contributed by atoms with E-state index < -0.39 is 0 Å². The van der Waals surface area contributed by atoms with Crippen molar-refractivity contribution in [2.45, 2.75) is 25.8 Å². The summed E-state index contributed by atoms with van der Waals surface area (Å²) in [6.45, 7) is 2.41. The summed E-state index contributed by atoms with van der Waals surface area (Å²) in [5, 5.41) is 4.53. The number of likely N-dealkylation sites (tertiary alicyclic amines) is 1. The molecule has 0 bridgehead atoms. The molecule has 1 heterocycles. The van der Waals surface area contributed by atoms with Crippen molar-refractivity contribution in [3.63, 3.8) is 0 Å². The second kappa shape index (κ2) is 11.1. The van der Waals surface area contributed by atoms with Gasteiger partial charge >= 0.3 is 0 Å². The van der Waals surface area contributed by atoms with Crippen LogP contribution in [0.5, 0.6) is 0 Å². The molecule has 28 heavy (non-hydrogen) atoms. The monoisotopic (exact) mass is 399 g/mol. The van der Waals surface area contributed by atoms with E-state index in [4.69, 9.17) is 5.73 Å². The minimum absolute atomic E-state index is 0. The fourth-order valence-corrected chi connectivity index (χ4v) is 3.04. The number of hydrazone groups is 1. The van der Waals surface area contributed by atoms with Crippen LogP contribution in [0.4, 0.5) is 0 Å². The first-order valence-corrected chi connectivity index (χ1v) is 9.24. The predicted octanol–water partition coefficient (Wildman–Crippen LogP) is 3.17. The lowest BCUT2D eigenvalue weighted by molar-refractivity contribution is 0.112. The van der Waals surface area contributed by atoms with E-state index in [1.807, 2.05) is 42.5 Å². The number of nitrogens with zero attached hydrogens (tertiary/aromatic N) is 3. The van der Waals surface area contributed by atoms with Gasteiger partial charge in [-0.3, -0.25) is 4.79 Å². The maximum Gasteiger partial charge on any atom is 0.209 e. The van der Waals surface area contributed by atoms with E-state index >= 15 is 0 Å². The smallest absolute Gasteiger partial charge is 0.209 e. The highest BCUT2D eigenvalue weighted by atomic mass is 35.5. The van der Waals surface area contributed by atoms with Crippen LogP contribution in [-0.4, -0.2) is 36.1 Å². The number of aldehydes is 1. The highest BCUT2D eigenvalue weighted by Crippen LogP contribution is 2.14. The number of nitrogens with two attached hydrogens (primary N) is 1. The summed E-state index contributed by atoms with van der Waals surface area (Å²) in [6.07, 6.45) is 4.36. The summed E-state index contributed by atoms with van der Waals surface area (Å²) in [4.78, 5) is 17.5. The Balaban J connectivity index is 0.00000280. The molecule has 0 radical (unpaired) electrons. The van der Waals surface area contributed by atoms with E-state index in [1.54, 1.807) is 12.1 Å². The zero-order chi connectivity index (χ0) is 18.9. The molecular weight excluding hydrogens is 374 g/mol. The molecule has 0 unspecified atom stereocenters. The summed E-state index contributed by atoms with van der Waals surface area (Å²) >= 11 is 0. The van der Waals surface area contributed by atoms with Crippen molar-refractivity contribution in [1.82, 2.24) is 10.3 Å². The zero-order valence-corrected chi connectivity index (χ0v) is 16.6. The second-order valence-corrected chi connectivity index (χ2v) is 6.52. The van der Waals surface area contributed by atoms with Gasteiger partial charge in [-0.2, -0.15) is 5.10 Å². The first-order chi connectivity index (χ1) is 13.3. The molecule has 0 spiro atoms. The van der Waals surface area contributed by atoms with Gasteiger partial charge in [0.15, 0.2) is 5.84 Å². The Hall–Kier alpha value is -2.86. The maximum atomic E-state index is 10.9. The van der Waals surface area contributed by atoms with Crippen LogP contribution in [0.15, 0.2) is 64.7 Å². The number of hydrogen-bond donors (Lipinski definition) is 2. The molecule has 1 fully saturated rings. The molecule has 7 heteroatoms. The van der Waals surface area contributed by atoms with Crippen LogP contribution in [0.1, 0.15) is 40.7 Å². The van der Waals surface area contributed by atoms with Crippen LogP contribution < -0.4 is 11.2 Å². The van der Waals surface area contributed by atoms with Crippen LogP contribution in [0.3, 0.4) is 0 Å². The van der Waals surface area contributed by atoms with Crippen LogP contribution in [0.25, 0.3) is 0 Å². The number of carbonyl (C=O) groups excluding carboxylic acids is 1. The van der Waals surface area contributed by atoms with Gasteiger partial charge in [0, 0.05) is 24.2 Å². The SMILES string of the molecule is Cl.NC(=NCc1ccccc1)NN=C(c1ccc(C=O)cc1)N1CCCCC1. The van der Waals surface area contributed by atoms with Crippen molar-refractivity contribution in [3.05, 3.63) is 71.3 Å². The van der Waals surface area contributed by atoms with Gasteiger partial charge in [-0.1, -0.05) is 54.6 Å². The summed E-state index contributed by atoms with van der Waals surface area (Å²) in [7, 11) is 0. The molecule has 2 aromatic carbocycles. The topological polar surface area (TPSA) is 83.1 Å². The Bertz CT molecular complexity index is 799. The van der Waals surface area contributed by atoms with Crippen LogP contribution >= 0.6 is 12.4 Å². The molecule has 6 nitrogen and oxygen atoms in total. The average molecular weight is 400 g/mol. The van der Waals surface area contributed by atoms with Gasteiger partial charge < -0.3 is 10.6 Å². The molecule has 3 N–H and O–H groups in total. The Morgan fingerprint density at radius 1 is 1.04 bits per heavy atom. The number of benzene rings is 2. The summed E-state index contributed by atoms with van der Waals surface area (Å²) in [5.41, 5.74) is 11.6. The minimum Gasteiger partial charge on any atom is -0.369 e. The largest absolute Gasteiger partial charge is 0.369 e. The number of hydrogen-bond acceptors (Lipinski definition) is 3. The maximum absolute atomic E-state index is 10.9. The summed E-state index contributed by atoms with van der Waals surface area (Å²) in [5.74, 6) is 1.10.